The average Bonchev–Trinajstić information content (AvgIpc) is 2.51. The van der Waals surface area contributed by atoms with Gasteiger partial charge in [0.1, 0.15) is 11.6 Å². The van der Waals surface area contributed by atoms with Crippen molar-refractivity contribution in [2.75, 3.05) is 18.9 Å². The number of pyridine rings is 1. The van der Waals surface area contributed by atoms with Crippen molar-refractivity contribution in [2.24, 2.45) is 5.92 Å². The van der Waals surface area contributed by atoms with Gasteiger partial charge in [-0.2, -0.15) is 0 Å². The van der Waals surface area contributed by atoms with E-state index in [1.165, 1.54) is 30.5 Å². The van der Waals surface area contributed by atoms with E-state index in [1.807, 2.05) is 6.92 Å². The first-order valence-corrected chi connectivity index (χ1v) is 6.93. The maximum Gasteiger partial charge on any atom is 0.228 e. The summed E-state index contributed by atoms with van der Waals surface area (Å²) in [5, 5.41) is 5.73. The minimum atomic E-state index is -0.325. The van der Waals surface area contributed by atoms with Crippen molar-refractivity contribution >= 4 is 36.4 Å². The van der Waals surface area contributed by atoms with E-state index in [0.717, 1.165) is 0 Å². The summed E-state index contributed by atoms with van der Waals surface area (Å²) in [6.45, 7) is 2.44. The summed E-state index contributed by atoms with van der Waals surface area (Å²) >= 11 is 0. The Morgan fingerprint density at radius 2 is 1.88 bits per heavy atom. The summed E-state index contributed by atoms with van der Waals surface area (Å²) in [4.78, 5) is 16.0. The fourth-order valence-corrected chi connectivity index (χ4v) is 1.80. The molecule has 0 saturated carbocycles. The highest BCUT2D eigenvalue weighted by Gasteiger charge is 2.12. The maximum atomic E-state index is 12.8. The molecular weight excluding hydrogens is 356 g/mol. The highest BCUT2D eigenvalue weighted by Crippen LogP contribution is 2.20. The second-order valence-corrected chi connectivity index (χ2v) is 4.89. The van der Waals surface area contributed by atoms with Gasteiger partial charge in [-0.15, -0.1) is 24.8 Å². The molecule has 5 nitrogen and oxygen atoms in total. The number of aromatic nitrogens is 1. The SMILES string of the molecule is CNCC(C)C(=O)Nc1ccc(Oc2ccc(F)cc2)nc1.Cl.Cl. The summed E-state index contributed by atoms with van der Waals surface area (Å²) in [5.74, 6) is 0.318. The van der Waals surface area contributed by atoms with Crippen molar-refractivity contribution < 1.29 is 13.9 Å². The summed E-state index contributed by atoms with van der Waals surface area (Å²) in [6.07, 6.45) is 1.52. The van der Waals surface area contributed by atoms with E-state index >= 15 is 0 Å². The number of anilines is 1. The zero-order valence-electron chi connectivity index (χ0n) is 13.3. The predicted molar refractivity (Wildman–Crippen MR) is 96.9 cm³/mol. The number of carbonyl (C=O) groups is 1. The predicted octanol–water partition coefficient (Wildman–Crippen LogP) is 3.65. The van der Waals surface area contributed by atoms with Crippen LogP contribution in [0.3, 0.4) is 0 Å². The number of amides is 1. The Bertz CT molecular complexity index is 624. The van der Waals surface area contributed by atoms with Gasteiger partial charge >= 0.3 is 0 Å². The van der Waals surface area contributed by atoms with Gasteiger partial charge in [0.2, 0.25) is 11.8 Å². The Balaban J connectivity index is 0.00000264. The van der Waals surface area contributed by atoms with Crippen LogP contribution in [0.1, 0.15) is 6.92 Å². The molecule has 2 rings (SSSR count). The molecule has 0 spiro atoms. The largest absolute Gasteiger partial charge is 0.439 e. The molecule has 0 radical (unpaired) electrons. The number of hydrogen-bond donors (Lipinski definition) is 2. The van der Waals surface area contributed by atoms with E-state index in [9.17, 15) is 9.18 Å². The third kappa shape index (κ3) is 6.70. The number of nitrogens with zero attached hydrogens (tertiary/aromatic N) is 1. The number of benzene rings is 1. The normalized spacial score (nSPS) is 10.8. The number of rotatable bonds is 6. The average molecular weight is 376 g/mol. The summed E-state index contributed by atoms with van der Waals surface area (Å²) in [5.41, 5.74) is 0.597. The zero-order chi connectivity index (χ0) is 15.9. The maximum absolute atomic E-state index is 12.8. The van der Waals surface area contributed by atoms with Gasteiger partial charge in [-0.3, -0.25) is 4.79 Å². The van der Waals surface area contributed by atoms with Crippen molar-refractivity contribution in [3.8, 4) is 11.6 Å². The van der Waals surface area contributed by atoms with E-state index in [2.05, 4.69) is 15.6 Å². The Morgan fingerprint density at radius 3 is 2.42 bits per heavy atom. The second kappa shape index (κ2) is 10.8. The van der Waals surface area contributed by atoms with E-state index in [0.29, 0.717) is 23.9 Å². The molecule has 1 amide bonds. The van der Waals surface area contributed by atoms with Crippen LogP contribution in [0.4, 0.5) is 10.1 Å². The van der Waals surface area contributed by atoms with E-state index in [1.54, 1.807) is 19.2 Å². The molecule has 0 aliphatic carbocycles. The molecule has 0 aliphatic heterocycles. The number of hydrogen-bond acceptors (Lipinski definition) is 4. The van der Waals surface area contributed by atoms with Gasteiger partial charge in [0.15, 0.2) is 0 Å². The summed E-state index contributed by atoms with van der Waals surface area (Å²) < 4.78 is 18.3. The second-order valence-electron chi connectivity index (χ2n) is 4.89. The molecule has 8 heteroatoms. The molecule has 2 aromatic rings. The lowest BCUT2D eigenvalue weighted by molar-refractivity contribution is -0.119. The Morgan fingerprint density at radius 1 is 1.21 bits per heavy atom. The molecule has 2 N–H and O–H groups in total. The minimum Gasteiger partial charge on any atom is -0.439 e. The van der Waals surface area contributed by atoms with E-state index in [4.69, 9.17) is 4.74 Å². The number of ether oxygens (including phenoxy) is 1. The van der Waals surface area contributed by atoms with Crippen LogP contribution in [0.15, 0.2) is 42.6 Å². The molecule has 1 atom stereocenters. The molecule has 0 saturated heterocycles. The third-order valence-corrected chi connectivity index (χ3v) is 3.00. The summed E-state index contributed by atoms with van der Waals surface area (Å²) in [6, 6.07) is 9.01. The molecular formula is C16H20Cl2FN3O2. The van der Waals surface area contributed by atoms with Crippen LogP contribution in [0.2, 0.25) is 0 Å². The molecule has 1 aromatic heterocycles. The molecule has 1 heterocycles. The molecule has 0 fully saturated rings. The molecule has 132 valence electrons. The van der Waals surface area contributed by atoms with Crippen molar-refractivity contribution in [3.05, 3.63) is 48.4 Å². The van der Waals surface area contributed by atoms with Crippen LogP contribution in [0.25, 0.3) is 0 Å². The summed E-state index contributed by atoms with van der Waals surface area (Å²) in [7, 11) is 1.80. The van der Waals surface area contributed by atoms with E-state index < -0.39 is 0 Å². The highest BCUT2D eigenvalue weighted by atomic mass is 35.5. The van der Waals surface area contributed by atoms with Crippen LogP contribution in [0, 0.1) is 11.7 Å². The van der Waals surface area contributed by atoms with Crippen LogP contribution >= 0.6 is 24.8 Å². The minimum absolute atomic E-state index is 0. The van der Waals surface area contributed by atoms with Gasteiger partial charge in [0.05, 0.1) is 11.9 Å². The van der Waals surface area contributed by atoms with Crippen molar-refractivity contribution in [2.45, 2.75) is 6.92 Å². The van der Waals surface area contributed by atoms with Crippen molar-refractivity contribution in [3.63, 3.8) is 0 Å². The lowest BCUT2D eigenvalue weighted by Crippen LogP contribution is -2.28. The molecule has 0 aliphatic rings. The lowest BCUT2D eigenvalue weighted by Gasteiger charge is -2.11. The first-order valence-electron chi connectivity index (χ1n) is 6.93. The van der Waals surface area contributed by atoms with Crippen LogP contribution in [-0.2, 0) is 4.79 Å². The van der Waals surface area contributed by atoms with Gasteiger partial charge in [0.25, 0.3) is 0 Å². The molecule has 24 heavy (non-hydrogen) atoms. The van der Waals surface area contributed by atoms with Crippen molar-refractivity contribution in [1.29, 1.82) is 0 Å². The number of carbonyl (C=O) groups excluding carboxylic acids is 1. The monoisotopic (exact) mass is 375 g/mol. The first kappa shape index (κ1) is 22.1. The van der Waals surface area contributed by atoms with Crippen LogP contribution in [0.5, 0.6) is 11.6 Å². The van der Waals surface area contributed by atoms with Crippen LogP contribution in [-0.4, -0.2) is 24.5 Å². The standard InChI is InChI=1S/C16H18FN3O2.2ClH/c1-11(9-18-2)16(21)20-13-5-8-15(19-10-13)22-14-6-3-12(17)4-7-14;;/h3-8,10-11,18H,9H2,1-2H3,(H,20,21);2*1H. The molecule has 1 unspecified atom stereocenters. The number of nitrogens with one attached hydrogen (secondary N) is 2. The van der Waals surface area contributed by atoms with Crippen molar-refractivity contribution in [1.82, 2.24) is 10.3 Å². The lowest BCUT2D eigenvalue weighted by atomic mass is 10.1. The molecule has 1 aromatic carbocycles. The third-order valence-electron chi connectivity index (χ3n) is 3.00. The highest BCUT2D eigenvalue weighted by molar-refractivity contribution is 5.92. The fraction of sp³-hybridized carbons (Fsp3) is 0.250. The quantitative estimate of drug-likeness (QED) is 0.808. The van der Waals surface area contributed by atoms with Gasteiger partial charge < -0.3 is 15.4 Å². The first-order chi connectivity index (χ1) is 10.6. The Hall–Kier alpha value is -1.89. The van der Waals surface area contributed by atoms with Gasteiger partial charge in [-0.1, -0.05) is 6.92 Å². The Kier molecular flexibility index (Phi) is 9.95. The Labute approximate surface area is 152 Å². The topological polar surface area (TPSA) is 63.2 Å². The van der Waals surface area contributed by atoms with Gasteiger partial charge in [-0.25, -0.2) is 9.37 Å². The van der Waals surface area contributed by atoms with Crippen LogP contribution < -0.4 is 15.4 Å². The smallest absolute Gasteiger partial charge is 0.228 e. The van der Waals surface area contributed by atoms with E-state index in [-0.39, 0.29) is 42.5 Å². The van der Waals surface area contributed by atoms with Gasteiger partial charge in [-0.05, 0) is 37.4 Å². The fourth-order valence-electron chi connectivity index (χ4n) is 1.80. The number of halogens is 3. The molecule has 0 bridgehead atoms. The zero-order valence-corrected chi connectivity index (χ0v) is 14.9. The van der Waals surface area contributed by atoms with Gasteiger partial charge in [0, 0.05) is 18.5 Å².